The van der Waals surface area contributed by atoms with Crippen LogP contribution in [0, 0.1) is 19.8 Å². The van der Waals surface area contributed by atoms with E-state index in [2.05, 4.69) is 42.7 Å². The van der Waals surface area contributed by atoms with Crippen molar-refractivity contribution < 1.29 is 23.2 Å². The van der Waals surface area contributed by atoms with Gasteiger partial charge in [-0.15, -0.1) is 0 Å². The Balaban J connectivity index is 0.852. The van der Waals surface area contributed by atoms with Gasteiger partial charge in [0.1, 0.15) is 0 Å². The van der Waals surface area contributed by atoms with Gasteiger partial charge in [0, 0.05) is 136 Å². The molecule has 5 aliphatic heterocycles. The van der Waals surface area contributed by atoms with Crippen LogP contribution >= 0.6 is 0 Å². The number of pyridine rings is 1. The molecule has 3 fully saturated rings. The van der Waals surface area contributed by atoms with E-state index in [0.717, 1.165) is 133 Å². The highest BCUT2D eigenvalue weighted by atomic mass is 19.3. The second-order valence-corrected chi connectivity index (χ2v) is 18.6. The molecule has 0 spiro atoms. The number of imide groups is 1. The number of likely N-dealkylation sites (tertiary alicyclic amines) is 1. The summed E-state index contributed by atoms with van der Waals surface area (Å²) in [6.45, 7) is 12.7. The number of alkyl halides is 2. The maximum Gasteiger partial charge on any atom is 0.328 e. The van der Waals surface area contributed by atoms with Crippen molar-refractivity contribution in [2.24, 2.45) is 13.0 Å². The molecule has 0 radical (unpaired) electrons. The van der Waals surface area contributed by atoms with Crippen molar-refractivity contribution in [3.63, 3.8) is 0 Å². The third kappa shape index (κ3) is 7.68. The first-order chi connectivity index (χ1) is 30.9. The molecule has 0 bridgehead atoms. The largest absolute Gasteiger partial charge is 0.371 e. The number of nitrogens with one attached hydrogen (secondary N) is 1. The normalized spacial score (nSPS) is 19.2. The number of piperidine rings is 2. The highest BCUT2D eigenvalue weighted by Gasteiger charge is 2.36. The number of urea groups is 1. The first kappa shape index (κ1) is 42.1. The van der Waals surface area contributed by atoms with Gasteiger partial charge in [0.25, 0.3) is 6.43 Å². The van der Waals surface area contributed by atoms with Crippen molar-refractivity contribution in [1.29, 1.82) is 0 Å². The number of carbonyl (C=O) groups is 3. The maximum atomic E-state index is 15.2. The molecule has 5 aromatic rings. The predicted molar refractivity (Wildman–Crippen MR) is 245 cm³/mol. The molecule has 5 aliphatic rings. The van der Waals surface area contributed by atoms with E-state index in [1.165, 1.54) is 5.69 Å². The highest BCUT2D eigenvalue weighted by Crippen LogP contribution is 2.45. The number of amides is 4. The molecule has 0 atom stereocenters. The van der Waals surface area contributed by atoms with Gasteiger partial charge in [-0.3, -0.25) is 29.5 Å². The Morgan fingerprint density at radius 1 is 0.875 bits per heavy atom. The standard InChI is InChI=1S/C49H58F2N10O3/c1-30-23-45-38(26-52-30)39(28-55(45)4)36-24-34-7-6-16-59(44(34)25-37(36)47(50)51)48-40-29-58(32(3)62)21-14-43(40)61(54-48)35-12-17-56(18-13-35)27-33-10-19-57(20-11-33)41-8-5-9-42(31(41)2)60-22-15-46(63)53-49(60)64/h5,8-9,23-26,28,33,35,47H,6-7,10-22,27,29H2,1-4H3,(H,53,63,64). The molecule has 3 aromatic heterocycles. The molecule has 15 heteroatoms. The number of rotatable bonds is 8. The number of aryl methyl sites for hydroxylation is 3. The lowest BCUT2D eigenvalue weighted by Crippen LogP contribution is -2.50. The van der Waals surface area contributed by atoms with Gasteiger partial charge in [-0.1, -0.05) is 6.07 Å². The van der Waals surface area contributed by atoms with Crippen LogP contribution in [-0.4, -0.2) is 99.3 Å². The van der Waals surface area contributed by atoms with E-state index in [0.29, 0.717) is 50.5 Å². The second kappa shape index (κ2) is 16.9. The van der Waals surface area contributed by atoms with E-state index < -0.39 is 6.43 Å². The molecule has 8 heterocycles. The summed E-state index contributed by atoms with van der Waals surface area (Å²) in [4.78, 5) is 52.5. The number of fused-ring (bicyclic) bond motifs is 3. The van der Waals surface area contributed by atoms with Gasteiger partial charge in [0.2, 0.25) is 11.8 Å². The summed E-state index contributed by atoms with van der Waals surface area (Å²) in [5, 5.41) is 8.72. The van der Waals surface area contributed by atoms with E-state index >= 15 is 8.78 Å². The summed E-state index contributed by atoms with van der Waals surface area (Å²) >= 11 is 0. The average molecular weight is 873 g/mol. The summed E-state index contributed by atoms with van der Waals surface area (Å²) in [6.07, 6.45) is 7.84. The fraction of sp³-hybridized carbons (Fsp3) is 0.490. The van der Waals surface area contributed by atoms with Gasteiger partial charge in [0.05, 0.1) is 23.8 Å². The first-order valence-corrected chi connectivity index (χ1v) is 23.1. The Morgan fingerprint density at radius 2 is 1.66 bits per heavy atom. The number of aromatic nitrogens is 4. The smallest absolute Gasteiger partial charge is 0.328 e. The van der Waals surface area contributed by atoms with Crippen molar-refractivity contribution >= 4 is 51.6 Å². The van der Waals surface area contributed by atoms with Gasteiger partial charge < -0.3 is 24.2 Å². The van der Waals surface area contributed by atoms with Gasteiger partial charge in [0.15, 0.2) is 5.82 Å². The number of anilines is 4. The van der Waals surface area contributed by atoms with Crippen LogP contribution in [0.1, 0.15) is 91.6 Å². The summed E-state index contributed by atoms with van der Waals surface area (Å²) in [5.74, 6) is 1.19. The first-order valence-electron chi connectivity index (χ1n) is 23.1. The second-order valence-electron chi connectivity index (χ2n) is 18.6. The monoisotopic (exact) mass is 872 g/mol. The van der Waals surface area contributed by atoms with Crippen molar-refractivity contribution in [2.45, 2.75) is 91.1 Å². The zero-order valence-corrected chi connectivity index (χ0v) is 37.4. The number of nitrogens with zero attached hydrogens (tertiary/aromatic N) is 9. The zero-order chi connectivity index (χ0) is 44.4. The number of carbonyl (C=O) groups excluding carboxylic acids is 3. The van der Waals surface area contributed by atoms with E-state index in [1.807, 2.05) is 53.9 Å². The van der Waals surface area contributed by atoms with Crippen molar-refractivity contribution in [1.82, 2.24) is 34.4 Å². The van der Waals surface area contributed by atoms with Crippen LogP contribution in [0.2, 0.25) is 0 Å². The van der Waals surface area contributed by atoms with Gasteiger partial charge >= 0.3 is 6.03 Å². The minimum Gasteiger partial charge on any atom is -0.371 e. The molecule has 0 unspecified atom stereocenters. The molecular weight excluding hydrogens is 815 g/mol. The van der Waals surface area contributed by atoms with E-state index in [4.69, 9.17) is 5.10 Å². The summed E-state index contributed by atoms with van der Waals surface area (Å²) < 4.78 is 34.6. The molecule has 0 aliphatic carbocycles. The summed E-state index contributed by atoms with van der Waals surface area (Å²) in [5.41, 5.74) is 10.2. The highest BCUT2D eigenvalue weighted by molar-refractivity contribution is 6.06. The number of halogens is 2. The third-order valence-corrected chi connectivity index (χ3v) is 14.7. The van der Waals surface area contributed by atoms with Gasteiger partial charge in [-0.2, -0.15) is 5.10 Å². The van der Waals surface area contributed by atoms with Crippen LogP contribution in [0.4, 0.5) is 36.5 Å². The molecule has 336 valence electrons. The molecule has 0 saturated carbocycles. The lowest BCUT2D eigenvalue weighted by Gasteiger charge is -2.39. The number of hydrogen-bond acceptors (Lipinski definition) is 8. The Hall–Kier alpha value is -5.83. The quantitative estimate of drug-likeness (QED) is 0.167. The van der Waals surface area contributed by atoms with Crippen molar-refractivity contribution in [2.75, 3.05) is 67.1 Å². The Kier molecular flexibility index (Phi) is 11.2. The Labute approximate surface area is 373 Å². The molecule has 2 aromatic carbocycles. The fourth-order valence-corrected chi connectivity index (χ4v) is 11.2. The van der Waals surface area contributed by atoms with Crippen molar-refractivity contribution in [3.05, 3.63) is 82.4 Å². The zero-order valence-electron chi connectivity index (χ0n) is 37.4. The van der Waals surface area contributed by atoms with Crippen LogP contribution in [0.5, 0.6) is 0 Å². The van der Waals surface area contributed by atoms with Crippen molar-refractivity contribution in [3.8, 4) is 11.1 Å². The van der Waals surface area contributed by atoms with Crippen LogP contribution in [0.25, 0.3) is 22.0 Å². The SMILES string of the molecule is CC(=O)N1CCc2c(c(N3CCCc4cc(-c5cn(C)c6cc(C)ncc56)c(C(F)F)cc43)nn2C2CCN(CC3CCN(c4cccc(N5CCC(=O)NC5=O)c4C)CC3)CC2)C1. The van der Waals surface area contributed by atoms with E-state index in [-0.39, 0.29) is 29.5 Å². The maximum absolute atomic E-state index is 15.2. The molecular formula is C49H58F2N10O3. The van der Waals surface area contributed by atoms with Crippen LogP contribution in [-0.2, 0) is 36.0 Å². The van der Waals surface area contributed by atoms with Crippen LogP contribution in [0.3, 0.4) is 0 Å². The molecule has 10 rings (SSSR count). The topological polar surface area (TPSA) is 115 Å². The van der Waals surface area contributed by atoms with E-state index in [1.54, 1.807) is 24.1 Å². The number of benzene rings is 2. The minimum absolute atomic E-state index is 0.00253. The minimum atomic E-state index is -2.68. The van der Waals surface area contributed by atoms with Crippen LogP contribution in [0.15, 0.2) is 48.8 Å². The lowest BCUT2D eigenvalue weighted by molar-refractivity contribution is -0.129. The molecule has 13 nitrogen and oxygen atoms in total. The van der Waals surface area contributed by atoms with Gasteiger partial charge in [-0.05, 0) is 105 Å². The Bertz CT molecular complexity index is 2640. The fourth-order valence-electron chi connectivity index (χ4n) is 11.2. The molecule has 4 amide bonds. The lowest BCUT2D eigenvalue weighted by atomic mass is 9.91. The third-order valence-electron chi connectivity index (χ3n) is 14.7. The predicted octanol–water partition coefficient (Wildman–Crippen LogP) is 7.98. The number of hydrogen-bond donors (Lipinski definition) is 1. The van der Waals surface area contributed by atoms with E-state index in [9.17, 15) is 14.4 Å². The van der Waals surface area contributed by atoms with Crippen LogP contribution < -0.4 is 20.0 Å². The van der Waals surface area contributed by atoms with Gasteiger partial charge in [-0.25, -0.2) is 13.6 Å². The Morgan fingerprint density at radius 3 is 2.41 bits per heavy atom. The molecule has 64 heavy (non-hydrogen) atoms. The molecule has 1 N–H and O–H groups in total. The molecule has 3 saturated heterocycles. The average Bonchev–Trinajstić information content (AvgIpc) is 3.83. The summed E-state index contributed by atoms with van der Waals surface area (Å²) in [6, 6.07) is 11.6. The summed E-state index contributed by atoms with van der Waals surface area (Å²) in [7, 11) is 1.95.